The SMILES string of the molecule is C[C@H]1CC(=O)[C@H](CC(=O)OCC(=O)NCc2ccccc2F)[C@@H]1C[N+](=O)[O-]. The van der Waals surface area contributed by atoms with E-state index in [-0.39, 0.29) is 37.6 Å². The topological polar surface area (TPSA) is 116 Å². The first-order valence-corrected chi connectivity index (χ1v) is 8.58. The Bertz CT molecular complexity index is 738. The van der Waals surface area contributed by atoms with Gasteiger partial charge in [-0.05, 0) is 12.0 Å². The lowest BCUT2D eigenvalue weighted by Crippen LogP contribution is -2.31. The fourth-order valence-electron chi connectivity index (χ4n) is 3.27. The van der Waals surface area contributed by atoms with Gasteiger partial charge in [0.2, 0.25) is 6.54 Å². The number of benzene rings is 1. The fourth-order valence-corrected chi connectivity index (χ4v) is 3.27. The molecule has 1 aliphatic carbocycles. The highest BCUT2D eigenvalue weighted by atomic mass is 19.1. The quantitative estimate of drug-likeness (QED) is 0.415. The number of carbonyl (C=O) groups is 3. The molecule has 0 unspecified atom stereocenters. The van der Waals surface area contributed by atoms with E-state index in [0.717, 1.165) is 0 Å². The predicted molar refractivity (Wildman–Crippen MR) is 91.5 cm³/mol. The number of Topliss-reactive ketones (excluding diaryl/α,β-unsaturated/α-hetero) is 1. The largest absolute Gasteiger partial charge is 0.456 e. The molecule has 1 aliphatic rings. The number of hydrogen-bond donors (Lipinski definition) is 1. The maximum atomic E-state index is 13.5. The van der Waals surface area contributed by atoms with Crippen molar-refractivity contribution >= 4 is 17.7 Å². The molecular formula is C18H21FN2O6. The summed E-state index contributed by atoms with van der Waals surface area (Å²) in [6.07, 6.45) is -0.0954. The van der Waals surface area contributed by atoms with Crippen LogP contribution in [0.3, 0.4) is 0 Å². The Morgan fingerprint density at radius 3 is 2.74 bits per heavy atom. The van der Waals surface area contributed by atoms with Crippen molar-refractivity contribution in [3.05, 3.63) is 45.8 Å². The summed E-state index contributed by atoms with van der Waals surface area (Å²) >= 11 is 0. The van der Waals surface area contributed by atoms with Gasteiger partial charge in [0.05, 0.1) is 6.42 Å². The van der Waals surface area contributed by atoms with Gasteiger partial charge in [-0.2, -0.15) is 0 Å². The summed E-state index contributed by atoms with van der Waals surface area (Å²) in [6, 6.07) is 5.94. The zero-order valence-corrected chi connectivity index (χ0v) is 14.9. The number of nitrogens with one attached hydrogen (secondary N) is 1. The third-order valence-electron chi connectivity index (χ3n) is 4.73. The van der Waals surface area contributed by atoms with Gasteiger partial charge in [-0.3, -0.25) is 24.5 Å². The summed E-state index contributed by atoms with van der Waals surface area (Å²) in [7, 11) is 0. The van der Waals surface area contributed by atoms with Crippen LogP contribution in [-0.4, -0.2) is 35.7 Å². The highest BCUT2D eigenvalue weighted by molar-refractivity contribution is 5.88. The van der Waals surface area contributed by atoms with E-state index >= 15 is 0 Å². The fraction of sp³-hybridized carbons (Fsp3) is 0.500. The molecule has 0 heterocycles. The Hall–Kier alpha value is -2.84. The van der Waals surface area contributed by atoms with Crippen LogP contribution in [0.25, 0.3) is 0 Å². The number of rotatable bonds is 8. The van der Waals surface area contributed by atoms with Gasteiger partial charge in [0.15, 0.2) is 6.61 Å². The molecule has 0 saturated heterocycles. The number of ether oxygens (including phenoxy) is 1. The van der Waals surface area contributed by atoms with Gasteiger partial charge in [-0.15, -0.1) is 0 Å². The molecule has 1 fully saturated rings. The van der Waals surface area contributed by atoms with Crippen LogP contribution in [0, 0.1) is 33.7 Å². The van der Waals surface area contributed by atoms with Crippen molar-refractivity contribution in [1.29, 1.82) is 0 Å². The first-order valence-electron chi connectivity index (χ1n) is 8.58. The maximum absolute atomic E-state index is 13.5. The van der Waals surface area contributed by atoms with E-state index < -0.39 is 41.1 Å². The van der Waals surface area contributed by atoms with Crippen molar-refractivity contribution in [3.8, 4) is 0 Å². The summed E-state index contributed by atoms with van der Waals surface area (Å²) in [5.74, 6) is -3.49. The number of amides is 1. The molecule has 146 valence electrons. The standard InChI is InChI=1S/C18H21FN2O6/c1-11-6-16(22)13(14(11)9-21(25)26)7-18(24)27-10-17(23)20-8-12-4-2-3-5-15(12)19/h2-5,11,13-14H,6-10H2,1H3,(H,20,23)/t11-,13+,14+/m0/s1. The zero-order valence-electron chi connectivity index (χ0n) is 14.9. The summed E-state index contributed by atoms with van der Waals surface area (Å²) in [5, 5.41) is 13.2. The first-order chi connectivity index (χ1) is 12.8. The lowest BCUT2D eigenvalue weighted by atomic mass is 9.88. The number of esters is 1. The average Bonchev–Trinajstić information content (AvgIpc) is 2.85. The number of nitrogens with zero attached hydrogens (tertiary/aromatic N) is 1. The molecule has 0 aromatic heterocycles. The Morgan fingerprint density at radius 2 is 2.07 bits per heavy atom. The summed E-state index contributed by atoms with van der Waals surface area (Å²) in [6.45, 7) is 0.748. The summed E-state index contributed by atoms with van der Waals surface area (Å²) in [4.78, 5) is 45.9. The van der Waals surface area contributed by atoms with Gasteiger partial charge >= 0.3 is 5.97 Å². The second-order valence-electron chi connectivity index (χ2n) is 6.67. The van der Waals surface area contributed by atoms with Gasteiger partial charge in [0.25, 0.3) is 5.91 Å². The Morgan fingerprint density at radius 1 is 1.37 bits per heavy atom. The normalized spacial score (nSPS) is 21.7. The highest BCUT2D eigenvalue weighted by Crippen LogP contribution is 2.36. The predicted octanol–water partition coefficient (Wildman–Crippen LogP) is 1.49. The molecule has 8 nitrogen and oxygen atoms in total. The Kier molecular flexibility index (Phi) is 6.98. The molecule has 0 bridgehead atoms. The second kappa shape index (κ2) is 9.20. The van der Waals surface area contributed by atoms with Crippen LogP contribution in [-0.2, 0) is 25.7 Å². The third kappa shape index (κ3) is 5.83. The number of halogens is 1. The third-order valence-corrected chi connectivity index (χ3v) is 4.73. The smallest absolute Gasteiger partial charge is 0.307 e. The minimum absolute atomic E-state index is 0.0490. The van der Waals surface area contributed by atoms with Crippen molar-refractivity contribution in [3.63, 3.8) is 0 Å². The molecule has 1 N–H and O–H groups in total. The molecule has 0 spiro atoms. The minimum atomic E-state index is -0.767. The van der Waals surface area contributed by atoms with Crippen LogP contribution in [0.15, 0.2) is 24.3 Å². The van der Waals surface area contributed by atoms with Gasteiger partial charge in [-0.1, -0.05) is 25.1 Å². The van der Waals surface area contributed by atoms with Gasteiger partial charge in [0, 0.05) is 35.3 Å². The van der Waals surface area contributed by atoms with E-state index in [9.17, 15) is 28.9 Å². The summed E-state index contributed by atoms with van der Waals surface area (Å²) < 4.78 is 18.3. The lowest BCUT2D eigenvalue weighted by Gasteiger charge is -2.17. The molecular weight excluding hydrogens is 359 g/mol. The lowest BCUT2D eigenvalue weighted by molar-refractivity contribution is -0.490. The van der Waals surface area contributed by atoms with Crippen molar-refractivity contribution < 1.29 is 28.4 Å². The molecule has 0 aliphatic heterocycles. The molecule has 9 heteroatoms. The van der Waals surface area contributed by atoms with E-state index in [0.29, 0.717) is 5.56 Å². The average molecular weight is 380 g/mol. The van der Waals surface area contributed by atoms with Crippen LogP contribution in [0.1, 0.15) is 25.3 Å². The van der Waals surface area contributed by atoms with Crippen LogP contribution >= 0.6 is 0 Å². The molecule has 2 rings (SSSR count). The van der Waals surface area contributed by atoms with Crippen molar-refractivity contribution in [2.75, 3.05) is 13.2 Å². The number of carbonyl (C=O) groups excluding carboxylic acids is 3. The van der Waals surface area contributed by atoms with E-state index in [1.54, 1.807) is 13.0 Å². The number of nitro groups is 1. The molecule has 1 amide bonds. The molecule has 27 heavy (non-hydrogen) atoms. The Balaban J connectivity index is 1.79. The van der Waals surface area contributed by atoms with Crippen LogP contribution in [0.4, 0.5) is 4.39 Å². The van der Waals surface area contributed by atoms with Gasteiger partial charge in [0.1, 0.15) is 11.6 Å². The highest BCUT2D eigenvalue weighted by Gasteiger charge is 2.44. The zero-order chi connectivity index (χ0) is 20.0. The van der Waals surface area contributed by atoms with Crippen LogP contribution in [0.5, 0.6) is 0 Å². The molecule has 3 atom stereocenters. The van der Waals surface area contributed by atoms with E-state index in [1.807, 2.05) is 0 Å². The van der Waals surface area contributed by atoms with Crippen LogP contribution in [0.2, 0.25) is 0 Å². The van der Waals surface area contributed by atoms with Crippen molar-refractivity contribution in [2.24, 2.45) is 17.8 Å². The molecule has 1 aromatic carbocycles. The number of hydrogen-bond acceptors (Lipinski definition) is 6. The van der Waals surface area contributed by atoms with E-state index in [2.05, 4.69) is 5.32 Å². The van der Waals surface area contributed by atoms with Crippen molar-refractivity contribution in [1.82, 2.24) is 5.32 Å². The van der Waals surface area contributed by atoms with Gasteiger partial charge < -0.3 is 10.1 Å². The molecule has 1 aromatic rings. The first kappa shape index (κ1) is 20.5. The van der Waals surface area contributed by atoms with Crippen molar-refractivity contribution in [2.45, 2.75) is 26.3 Å². The molecule has 0 radical (unpaired) electrons. The molecule has 1 saturated carbocycles. The number of ketones is 1. The second-order valence-corrected chi connectivity index (χ2v) is 6.67. The van der Waals surface area contributed by atoms with E-state index in [1.165, 1.54) is 18.2 Å². The van der Waals surface area contributed by atoms with Gasteiger partial charge in [-0.25, -0.2) is 4.39 Å². The Labute approximate surface area is 155 Å². The van der Waals surface area contributed by atoms with Crippen LogP contribution < -0.4 is 5.32 Å². The van der Waals surface area contributed by atoms with E-state index in [4.69, 9.17) is 4.74 Å². The maximum Gasteiger partial charge on any atom is 0.307 e. The minimum Gasteiger partial charge on any atom is -0.456 e. The monoisotopic (exact) mass is 380 g/mol. The summed E-state index contributed by atoms with van der Waals surface area (Å²) in [5.41, 5.74) is 0.297.